The number of amides is 1. The predicted octanol–water partition coefficient (Wildman–Crippen LogP) is 2.79. The average molecular weight is 354 g/mol. The van der Waals surface area contributed by atoms with Gasteiger partial charge in [0, 0.05) is 10.9 Å². The fraction of sp³-hybridized carbons (Fsp3) is 0.562. The molecule has 21 heavy (non-hydrogen) atoms. The molecule has 1 aromatic carbocycles. The van der Waals surface area contributed by atoms with Crippen LogP contribution in [0, 0.1) is 0 Å². The fourth-order valence-electron chi connectivity index (χ4n) is 3.15. The van der Waals surface area contributed by atoms with E-state index in [0.717, 1.165) is 35.7 Å². The number of carbonyl (C=O) groups excluding carboxylic acids is 1. The molecule has 1 aliphatic heterocycles. The second-order valence-electron chi connectivity index (χ2n) is 5.68. The van der Waals surface area contributed by atoms with Crippen LogP contribution in [-0.4, -0.2) is 30.9 Å². The summed E-state index contributed by atoms with van der Waals surface area (Å²) in [7, 11) is 0. The van der Waals surface area contributed by atoms with Gasteiger partial charge in [-0.3, -0.25) is 4.79 Å². The molecular formula is C16H20BrNO3. The Morgan fingerprint density at radius 1 is 1.24 bits per heavy atom. The van der Waals surface area contributed by atoms with Gasteiger partial charge in [-0.15, -0.1) is 0 Å². The predicted molar refractivity (Wildman–Crippen MR) is 82.9 cm³/mol. The van der Waals surface area contributed by atoms with Crippen LogP contribution in [0.1, 0.15) is 31.2 Å². The van der Waals surface area contributed by atoms with Gasteiger partial charge in [-0.2, -0.15) is 0 Å². The number of carbonyl (C=O) groups is 1. The summed E-state index contributed by atoms with van der Waals surface area (Å²) in [5.41, 5.74) is 1.01. The molecule has 0 bridgehead atoms. The molecule has 1 saturated carbocycles. The van der Waals surface area contributed by atoms with Crippen molar-refractivity contribution in [3.05, 3.63) is 34.3 Å². The van der Waals surface area contributed by atoms with Crippen molar-refractivity contribution in [1.82, 2.24) is 5.32 Å². The molecule has 1 amide bonds. The molecule has 2 fully saturated rings. The number of halogens is 1. The van der Waals surface area contributed by atoms with E-state index < -0.39 is 5.79 Å². The first-order chi connectivity index (χ1) is 10.2. The van der Waals surface area contributed by atoms with Gasteiger partial charge in [-0.1, -0.05) is 34.5 Å². The van der Waals surface area contributed by atoms with E-state index in [4.69, 9.17) is 9.47 Å². The lowest BCUT2D eigenvalue weighted by Crippen LogP contribution is -2.55. The quantitative estimate of drug-likeness (QED) is 0.908. The van der Waals surface area contributed by atoms with Gasteiger partial charge in [0.2, 0.25) is 5.91 Å². The summed E-state index contributed by atoms with van der Waals surface area (Å²) in [5.74, 6) is -0.545. The number of hydrogen-bond donors (Lipinski definition) is 1. The molecule has 4 nitrogen and oxygen atoms in total. The minimum atomic E-state index is -0.576. The number of hydrogen-bond acceptors (Lipinski definition) is 3. The SMILES string of the molecule is O=C(Cc1ccc(Br)cc1)N[C@@H]1CCCCC12OCCO2. The number of ether oxygens (including phenoxy) is 2. The number of rotatable bonds is 3. The maximum atomic E-state index is 12.3. The molecule has 1 atom stereocenters. The molecule has 0 aromatic heterocycles. The standard InChI is InChI=1S/C16H20BrNO3/c17-13-6-4-12(5-7-13)11-15(19)18-14-3-1-2-8-16(14)20-9-10-21-16/h4-7,14H,1-3,8-11H2,(H,18,19)/t14-/m1/s1. The lowest BCUT2D eigenvalue weighted by Gasteiger charge is -2.39. The molecule has 3 rings (SSSR count). The largest absolute Gasteiger partial charge is 0.348 e. The van der Waals surface area contributed by atoms with Gasteiger partial charge in [-0.05, 0) is 30.5 Å². The van der Waals surface area contributed by atoms with E-state index in [2.05, 4.69) is 21.2 Å². The van der Waals surface area contributed by atoms with Crippen LogP contribution in [0.4, 0.5) is 0 Å². The van der Waals surface area contributed by atoms with Crippen molar-refractivity contribution in [2.45, 2.75) is 43.9 Å². The highest BCUT2D eigenvalue weighted by molar-refractivity contribution is 9.10. The van der Waals surface area contributed by atoms with E-state index in [1.807, 2.05) is 24.3 Å². The van der Waals surface area contributed by atoms with E-state index in [1.165, 1.54) is 0 Å². The zero-order chi connectivity index (χ0) is 14.7. The summed E-state index contributed by atoms with van der Waals surface area (Å²) < 4.78 is 12.7. The average Bonchev–Trinajstić information content (AvgIpc) is 2.93. The minimum absolute atomic E-state index is 0.0303. The Kier molecular flexibility index (Phi) is 4.62. The molecule has 114 valence electrons. The van der Waals surface area contributed by atoms with Crippen molar-refractivity contribution in [2.75, 3.05) is 13.2 Å². The minimum Gasteiger partial charge on any atom is -0.348 e. The van der Waals surface area contributed by atoms with Crippen LogP contribution >= 0.6 is 15.9 Å². The Balaban J connectivity index is 1.61. The van der Waals surface area contributed by atoms with E-state index in [9.17, 15) is 4.79 Å². The molecule has 0 unspecified atom stereocenters. The molecule has 0 radical (unpaired) electrons. The zero-order valence-electron chi connectivity index (χ0n) is 11.9. The molecule has 1 spiro atoms. The number of benzene rings is 1. The highest BCUT2D eigenvalue weighted by Crippen LogP contribution is 2.36. The topological polar surface area (TPSA) is 47.6 Å². The van der Waals surface area contributed by atoms with Crippen LogP contribution in [0.25, 0.3) is 0 Å². The highest BCUT2D eigenvalue weighted by atomic mass is 79.9. The second kappa shape index (κ2) is 6.46. The fourth-order valence-corrected chi connectivity index (χ4v) is 3.41. The van der Waals surface area contributed by atoms with Crippen molar-refractivity contribution >= 4 is 21.8 Å². The van der Waals surface area contributed by atoms with E-state index >= 15 is 0 Å². The lowest BCUT2D eigenvalue weighted by atomic mass is 9.88. The van der Waals surface area contributed by atoms with Gasteiger partial charge >= 0.3 is 0 Å². The first-order valence-corrected chi connectivity index (χ1v) is 8.29. The summed E-state index contributed by atoms with van der Waals surface area (Å²) in [6.45, 7) is 1.25. The molecule has 2 aliphatic rings. The third-order valence-corrected chi connectivity index (χ3v) is 4.72. The summed E-state index contributed by atoms with van der Waals surface area (Å²) in [6, 6.07) is 7.80. The normalized spacial score (nSPS) is 24.1. The van der Waals surface area contributed by atoms with Crippen LogP contribution in [0.5, 0.6) is 0 Å². The summed E-state index contributed by atoms with van der Waals surface area (Å²) >= 11 is 3.40. The first-order valence-electron chi connectivity index (χ1n) is 7.50. The molecular weight excluding hydrogens is 334 g/mol. The third kappa shape index (κ3) is 3.47. The Morgan fingerprint density at radius 2 is 1.95 bits per heavy atom. The first kappa shape index (κ1) is 15.0. The highest BCUT2D eigenvalue weighted by Gasteiger charge is 2.46. The van der Waals surface area contributed by atoms with Crippen LogP contribution in [0.15, 0.2) is 28.7 Å². The Hall–Kier alpha value is -0.910. The summed E-state index contributed by atoms with van der Waals surface area (Å²) in [4.78, 5) is 12.3. The molecule has 5 heteroatoms. The van der Waals surface area contributed by atoms with Gasteiger partial charge < -0.3 is 14.8 Å². The van der Waals surface area contributed by atoms with Gasteiger partial charge in [0.25, 0.3) is 0 Å². The third-order valence-electron chi connectivity index (χ3n) is 4.19. The van der Waals surface area contributed by atoms with Crippen molar-refractivity contribution in [3.8, 4) is 0 Å². The smallest absolute Gasteiger partial charge is 0.224 e. The van der Waals surface area contributed by atoms with E-state index in [-0.39, 0.29) is 11.9 Å². The summed E-state index contributed by atoms with van der Waals surface area (Å²) in [5, 5.41) is 3.11. The van der Waals surface area contributed by atoms with Crippen molar-refractivity contribution in [3.63, 3.8) is 0 Å². The zero-order valence-corrected chi connectivity index (χ0v) is 13.5. The molecule has 1 aliphatic carbocycles. The maximum absolute atomic E-state index is 12.3. The van der Waals surface area contributed by atoms with Crippen LogP contribution in [0.3, 0.4) is 0 Å². The maximum Gasteiger partial charge on any atom is 0.224 e. The molecule has 1 N–H and O–H groups in total. The van der Waals surface area contributed by atoms with Crippen molar-refractivity contribution in [2.24, 2.45) is 0 Å². The molecule has 1 saturated heterocycles. The van der Waals surface area contributed by atoms with Gasteiger partial charge in [0.15, 0.2) is 5.79 Å². The molecule has 1 heterocycles. The molecule has 1 aromatic rings. The van der Waals surface area contributed by atoms with E-state index in [1.54, 1.807) is 0 Å². The van der Waals surface area contributed by atoms with Crippen LogP contribution in [0.2, 0.25) is 0 Å². The van der Waals surface area contributed by atoms with Crippen molar-refractivity contribution in [1.29, 1.82) is 0 Å². The van der Waals surface area contributed by atoms with Crippen molar-refractivity contribution < 1.29 is 14.3 Å². The van der Waals surface area contributed by atoms with Crippen LogP contribution < -0.4 is 5.32 Å². The summed E-state index contributed by atoms with van der Waals surface area (Å²) in [6.07, 6.45) is 4.39. The monoisotopic (exact) mass is 353 g/mol. The van der Waals surface area contributed by atoms with Crippen LogP contribution in [-0.2, 0) is 20.7 Å². The van der Waals surface area contributed by atoms with Gasteiger partial charge in [0.1, 0.15) is 0 Å². The number of nitrogens with one attached hydrogen (secondary N) is 1. The Morgan fingerprint density at radius 3 is 2.67 bits per heavy atom. The van der Waals surface area contributed by atoms with E-state index in [0.29, 0.717) is 19.6 Å². The second-order valence-corrected chi connectivity index (χ2v) is 6.59. The van der Waals surface area contributed by atoms with Gasteiger partial charge in [0.05, 0.1) is 25.7 Å². The Bertz CT molecular complexity index is 497. The van der Waals surface area contributed by atoms with Gasteiger partial charge in [-0.25, -0.2) is 0 Å². The Labute approximate surface area is 133 Å². The lowest BCUT2D eigenvalue weighted by molar-refractivity contribution is -0.196.